The fraction of sp³-hybridized carbons (Fsp3) is 0.500. The second-order valence-electron chi connectivity index (χ2n) is 8.05. The Bertz CT molecular complexity index is 812. The molecule has 9 heteroatoms. The van der Waals surface area contributed by atoms with Crippen molar-refractivity contribution < 1.29 is 28.7 Å². The number of nitrogens with zero attached hydrogens (tertiary/aromatic N) is 2. The van der Waals surface area contributed by atoms with E-state index in [0.717, 1.165) is 5.01 Å². The Kier molecular flexibility index (Phi) is 5.61. The molecule has 2 aliphatic rings. The standard InChI is InChI=1S/C20H25N3O6/c1-20(2,3)29-19(27)22-10-9-12(11-15(22)18(26)28-4)21-23-16(24)13-7-5-6-8-14(13)17(23)25/h5-8,12,15,21H,9-11H2,1-4H3/t12-,15-/m0/s1. The first-order valence-corrected chi connectivity index (χ1v) is 9.44. The smallest absolute Gasteiger partial charge is 0.411 e. The lowest BCUT2D eigenvalue weighted by atomic mass is 9.98. The zero-order chi connectivity index (χ0) is 21.3. The Labute approximate surface area is 168 Å². The number of imide groups is 1. The molecule has 2 heterocycles. The molecular weight excluding hydrogens is 378 g/mol. The molecule has 29 heavy (non-hydrogen) atoms. The maximum Gasteiger partial charge on any atom is 0.411 e. The average molecular weight is 403 g/mol. The quantitative estimate of drug-likeness (QED) is 0.605. The van der Waals surface area contributed by atoms with Crippen molar-refractivity contribution in [3.05, 3.63) is 35.4 Å². The number of hydrogen-bond acceptors (Lipinski definition) is 7. The number of likely N-dealkylation sites (tertiary alicyclic amines) is 1. The molecule has 0 spiro atoms. The highest BCUT2D eigenvalue weighted by Crippen LogP contribution is 2.25. The molecule has 3 rings (SSSR count). The molecule has 156 valence electrons. The van der Waals surface area contributed by atoms with Gasteiger partial charge in [-0.3, -0.25) is 14.5 Å². The third-order valence-corrected chi connectivity index (χ3v) is 4.81. The van der Waals surface area contributed by atoms with Crippen LogP contribution in [0.15, 0.2) is 24.3 Å². The van der Waals surface area contributed by atoms with Crippen molar-refractivity contribution in [2.24, 2.45) is 0 Å². The number of benzene rings is 1. The van der Waals surface area contributed by atoms with E-state index in [4.69, 9.17) is 9.47 Å². The van der Waals surface area contributed by atoms with Crippen LogP contribution >= 0.6 is 0 Å². The van der Waals surface area contributed by atoms with Crippen molar-refractivity contribution >= 4 is 23.9 Å². The molecule has 1 aromatic rings. The van der Waals surface area contributed by atoms with Crippen LogP contribution in [0.2, 0.25) is 0 Å². The van der Waals surface area contributed by atoms with Crippen molar-refractivity contribution in [1.82, 2.24) is 15.3 Å². The highest BCUT2D eigenvalue weighted by atomic mass is 16.6. The number of amides is 3. The number of methoxy groups -OCH3 is 1. The molecule has 0 aliphatic carbocycles. The Balaban J connectivity index is 1.72. The second-order valence-corrected chi connectivity index (χ2v) is 8.05. The Morgan fingerprint density at radius 1 is 1.10 bits per heavy atom. The molecule has 1 aromatic carbocycles. The van der Waals surface area contributed by atoms with Crippen LogP contribution in [-0.4, -0.2) is 65.1 Å². The predicted molar refractivity (Wildman–Crippen MR) is 102 cm³/mol. The fourth-order valence-corrected chi connectivity index (χ4v) is 3.47. The first kappa shape index (κ1) is 20.8. The van der Waals surface area contributed by atoms with Crippen LogP contribution in [0.5, 0.6) is 0 Å². The molecule has 0 saturated carbocycles. The van der Waals surface area contributed by atoms with Crippen molar-refractivity contribution in [3.8, 4) is 0 Å². The lowest BCUT2D eigenvalue weighted by molar-refractivity contribution is -0.148. The van der Waals surface area contributed by atoms with E-state index in [1.807, 2.05) is 0 Å². The molecular formula is C20H25N3O6. The highest BCUT2D eigenvalue weighted by Gasteiger charge is 2.42. The normalized spacial score (nSPS) is 21.8. The van der Waals surface area contributed by atoms with Gasteiger partial charge < -0.3 is 9.47 Å². The first-order valence-electron chi connectivity index (χ1n) is 9.44. The van der Waals surface area contributed by atoms with Crippen LogP contribution in [0.25, 0.3) is 0 Å². The summed E-state index contributed by atoms with van der Waals surface area (Å²) >= 11 is 0. The van der Waals surface area contributed by atoms with Gasteiger partial charge in [-0.2, -0.15) is 0 Å². The van der Waals surface area contributed by atoms with E-state index in [2.05, 4.69) is 5.43 Å². The predicted octanol–water partition coefficient (Wildman–Crippen LogP) is 1.73. The van der Waals surface area contributed by atoms with E-state index >= 15 is 0 Å². The summed E-state index contributed by atoms with van der Waals surface area (Å²) in [5, 5.41) is 0.979. The van der Waals surface area contributed by atoms with Gasteiger partial charge in [-0.05, 0) is 45.7 Å². The minimum absolute atomic E-state index is 0.180. The van der Waals surface area contributed by atoms with Gasteiger partial charge in [0, 0.05) is 12.6 Å². The summed E-state index contributed by atoms with van der Waals surface area (Å²) in [7, 11) is 1.25. The molecule has 2 atom stereocenters. The summed E-state index contributed by atoms with van der Waals surface area (Å²) in [6, 6.07) is 5.33. The van der Waals surface area contributed by atoms with Crippen LogP contribution < -0.4 is 5.43 Å². The van der Waals surface area contributed by atoms with Crippen molar-refractivity contribution in [3.63, 3.8) is 0 Å². The SMILES string of the molecule is COC(=O)[C@@H]1C[C@@H](NN2C(=O)c3ccccc3C2=O)CCN1C(=O)OC(C)(C)C. The highest BCUT2D eigenvalue weighted by molar-refractivity contribution is 6.20. The Morgan fingerprint density at radius 2 is 1.69 bits per heavy atom. The number of hydrogen-bond donors (Lipinski definition) is 1. The number of ether oxygens (including phenoxy) is 2. The van der Waals surface area contributed by atoms with Crippen LogP contribution in [0.3, 0.4) is 0 Å². The van der Waals surface area contributed by atoms with Gasteiger partial charge in [0.2, 0.25) is 0 Å². The van der Waals surface area contributed by atoms with Gasteiger partial charge in [-0.1, -0.05) is 12.1 Å². The van der Waals surface area contributed by atoms with Gasteiger partial charge in [-0.25, -0.2) is 20.0 Å². The number of piperidine rings is 1. The number of nitrogens with one attached hydrogen (secondary N) is 1. The second kappa shape index (κ2) is 7.82. The maximum absolute atomic E-state index is 12.5. The molecule has 0 aromatic heterocycles. The van der Waals surface area contributed by atoms with Crippen LogP contribution in [0, 0.1) is 0 Å². The van der Waals surface area contributed by atoms with Gasteiger partial charge in [0.15, 0.2) is 0 Å². The molecule has 9 nitrogen and oxygen atoms in total. The lowest BCUT2D eigenvalue weighted by Crippen LogP contribution is -2.58. The van der Waals surface area contributed by atoms with E-state index < -0.39 is 35.5 Å². The van der Waals surface area contributed by atoms with E-state index in [0.29, 0.717) is 17.5 Å². The Morgan fingerprint density at radius 3 is 2.21 bits per heavy atom. The lowest BCUT2D eigenvalue weighted by Gasteiger charge is -2.39. The van der Waals surface area contributed by atoms with E-state index in [-0.39, 0.29) is 19.0 Å². The largest absolute Gasteiger partial charge is 0.467 e. The molecule has 0 unspecified atom stereocenters. The van der Waals surface area contributed by atoms with E-state index in [9.17, 15) is 19.2 Å². The summed E-state index contributed by atoms with van der Waals surface area (Å²) in [5.74, 6) is -1.45. The third kappa shape index (κ3) is 4.24. The number of carbonyl (C=O) groups excluding carboxylic acids is 4. The van der Waals surface area contributed by atoms with E-state index in [1.54, 1.807) is 45.0 Å². The van der Waals surface area contributed by atoms with Crippen LogP contribution in [-0.2, 0) is 14.3 Å². The summed E-state index contributed by atoms with van der Waals surface area (Å²) in [5.41, 5.74) is 2.90. The monoisotopic (exact) mass is 403 g/mol. The number of esters is 1. The van der Waals surface area contributed by atoms with Crippen molar-refractivity contribution in [2.45, 2.75) is 51.3 Å². The molecule has 0 radical (unpaired) electrons. The molecule has 2 aliphatic heterocycles. The third-order valence-electron chi connectivity index (χ3n) is 4.81. The number of fused-ring (bicyclic) bond motifs is 1. The zero-order valence-electron chi connectivity index (χ0n) is 16.9. The van der Waals surface area contributed by atoms with Gasteiger partial charge in [-0.15, -0.1) is 0 Å². The fourth-order valence-electron chi connectivity index (χ4n) is 3.47. The number of carbonyl (C=O) groups is 4. The average Bonchev–Trinajstić information content (AvgIpc) is 2.91. The Hall–Kier alpha value is -2.94. The van der Waals surface area contributed by atoms with Crippen LogP contribution in [0.4, 0.5) is 4.79 Å². The van der Waals surface area contributed by atoms with Gasteiger partial charge in [0.25, 0.3) is 11.8 Å². The zero-order valence-corrected chi connectivity index (χ0v) is 16.9. The first-order chi connectivity index (χ1) is 13.6. The summed E-state index contributed by atoms with van der Waals surface area (Å²) < 4.78 is 10.2. The number of hydrazine groups is 1. The minimum Gasteiger partial charge on any atom is -0.467 e. The van der Waals surface area contributed by atoms with Crippen molar-refractivity contribution in [2.75, 3.05) is 13.7 Å². The topological polar surface area (TPSA) is 105 Å². The van der Waals surface area contributed by atoms with Gasteiger partial charge >= 0.3 is 12.1 Å². The summed E-state index contributed by atoms with van der Waals surface area (Å²) in [6.07, 6.45) is 0.00602. The minimum atomic E-state index is -0.878. The molecule has 1 N–H and O–H groups in total. The maximum atomic E-state index is 12.5. The van der Waals surface area contributed by atoms with Gasteiger partial charge in [0.05, 0.1) is 18.2 Å². The number of rotatable bonds is 3. The molecule has 1 saturated heterocycles. The molecule has 0 bridgehead atoms. The van der Waals surface area contributed by atoms with Gasteiger partial charge in [0.1, 0.15) is 11.6 Å². The summed E-state index contributed by atoms with van der Waals surface area (Å²) in [6.45, 7) is 5.45. The van der Waals surface area contributed by atoms with Crippen LogP contribution in [0.1, 0.15) is 54.3 Å². The van der Waals surface area contributed by atoms with Crippen molar-refractivity contribution in [1.29, 1.82) is 0 Å². The molecule has 1 fully saturated rings. The van der Waals surface area contributed by atoms with E-state index in [1.165, 1.54) is 12.0 Å². The molecule has 3 amide bonds. The summed E-state index contributed by atoms with van der Waals surface area (Å²) in [4.78, 5) is 51.2.